The van der Waals surface area contributed by atoms with Crippen LogP contribution in [-0.2, 0) is 4.79 Å². The van der Waals surface area contributed by atoms with Crippen LogP contribution in [0.2, 0.25) is 5.02 Å². The van der Waals surface area contributed by atoms with Gasteiger partial charge in [-0.3, -0.25) is 9.59 Å². The molecule has 0 spiro atoms. The van der Waals surface area contributed by atoms with E-state index in [1.165, 1.54) is 23.1 Å². The fourth-order valence-corrected chi connectivity index (χ4v) is 1.52. The summed E-state index contributed by atoms with van der Waals surface area (Å²) in [6, 6.07) is 4.11. The van der Waals surface area contributed by atoms with Crippen LogP contribution >= 0.6 is 11.6 Å². The number of phenolic OH excluding ortho intramolecular Hbond substituents is 1. The van der Waals surface area contributed by atoms with Gasteiger partial charge in [-0.1, -0.05) is 11.6 Å². The Hall–Kier alpha value is -1.75. The Labute approximate surface area is 104 Å². The van der Waals surface area contributed by atoms with Gasteiger partial charge < -0.3 is 15.7 Å². The maximum absolute atomic E-state index is 12.0. The van der Waals surface area contributed by atoms with Crippen molar-refractivity contribution >= 4 is 23.4 Å². The maximum atomic E-state index is 12.0. The Morgan fingerprint density at radius 2 is 2.12 bits per heavy atom. The van der Waals surface area contributed by atoms with E-state index in [0.717, 1.165) is 0 Å². The van der Waals surface area contributed by atoms with Gasteiger partial charge in [-0.15, -0.1) is 0 Å². The summed E-state index contributed by atoms with van der Waals surface area (Å²) < 4.78 is 0. The third-order valence-corrected chi connectivity index (χ3v) is 2.51. The number of carbonyl (C=O) groups excluding carboxylic acids is 2. The molecule has 0 aromatic heterocycles. The third-order valence-electron chi connectivity index (χ3n) is 2.21. The molecule has 92 valence electrons. The van der Waals surface area contributed by atoms with Gasteiger partial charge >= 0.3 is 0 Å². The van der Waals surface area contributed by atoms with Gasteiger partial charge in [0.2, 0.25) is 5.91 Å². The second kappa shape index (κ2) is 5.54. The zero-order valence-corrected chi connectivity index (χ0v) is 10.1. The van der Waals surface area contributed by atoms with E-state index in [2.05, 4.69) is 0 Å². The van der Waals surface area contributed by atoms with Crippen LogP contribution in [0.15, 0.2) is 18.2 Å². The number of halogens is 1. The number of likely N-dealkylation sites (N-methyl/N-ethyl adjacent to an activating group) is 1. The van der Waals surface area contributed by atoms with Crippen molar-refractivity contribution in [2.45, 2.75) is 6.92 Å². The Bertz CT molecular complexity index is 448. The predicted molar refractivity (Wildman–Crippen MR) is 63.9 cm³/mol. The molecule has 2 amide bonds. The predicted octanol–water partition coefficient (Wildman–Crippen LogP) is 0.993. The van der Waals surface area contributed by atoms with Gasteiger partial charge in [0.15, 0.2) is 0 Å². The number of rotatable bonds is 4. The van der Waals surface area contributed by atoms with Gasteiger partial charge in [0.1, 0.15) is 5.75 Å². The zero-order valence-electron chi connectivity index (χ0n) is 9.31. The van der Waals surface area contributed by atoms with Crippen LogP contribution < -0.4 is 5.73 Å². The first kappa shape index (κ1) is 13.3. The molecule has 1 aromatic rings. The van der Waals surface area contributed by atoms with Gasteiger partial charge in [0.25, 0.3) is 5.91 Å². The molecule has 0 atom stereocenters. The summed E-state index contributed by atoms with van der Waals surface area (Å²) in [4.78, 5) is 24.0. The zero-order chi connectivity index (χ0) is 13.0. The number of nitrogens with zero attached hydrogens (tertiary/aromatic N) is 1. The summed E-state index contributed by atoms with van der Waals surface area (Å²) in [7, 11) is 0. The van der Waals surface area contributed by atoms with Crippen LogP contribution in [0.1, 0.15) is 17.3 Å². The molecule has 0 aliphatic heterocycles. The summed E-state index contributed by atoms with van der Waals surface area (Å²) in [6.45, 7) is 1.96. The SMILES string of the molecule is CCN(CC(N)=O)C(=O)c1ccc(O)c(Cl)c1. The molecule has 6 heteroatoms. The van der Waals surface area contributed by atoms with Crippen LogP contribution in [0.25, 0.3) is 0 Å². The molecule has 0 heterocycles. The molecule has 17 heavy (non-hydrogen) atoms. The topological polar surface area (TPSA) is 83.6 Å². The number of primary amides is 1. The number of benzene rings is 1. The van der Waals surface area contributed by atoms with Crippen molar-refractivity contribution in [2.24, 2.45) is 5.73 Å². The molecular weight excluding hydrogens is 244 g/mol. The maximum Gasteiger partial charge on any atom is 0.254 e. The Kier molecular flexibility index (Phi) is 4.34. The normalized spacial score (nSPS) is 10.0. The quantitative estimate of drug-likeness (QED) is 0.843. The summed E-state index contributed by atoms with van der Waals surface area (Å²) in [5.74, 6) is -1.03. The number of aromatic hydroxyl groups is 1. The van der Waals surface area contributed by atoms with Crippen LogP contribution in [-0.4, -0.2) is 34.9 Å². The van der Waals surface area contributed by atoms with Gasteiger partial charge in [0.05, 0.1) is 11.6 Å². The van der Waals surface area contributed by atoms with Gasteiger partial charge in [-0.05, 0) is 25.1 Å². The molecule has 1 aromatic carbocycles. The van der Waals surface area contributed by atoms with Crippen molar-refractivity contribution in [3.63, 3.8) is 0 Å². The Morgan fingerprint density at radius 3 is 2.59 bits per heavy atom. The van der Waals surface area contributed by atoms with E-state index in [1.807, 2.05) is 0 Å². The highest BCUT2D eigenvalue weighted by Crippen LogP contribution is 2.24. The number of hydrogen-bond acceptors (Lipinski definition) is 3. The molecule has 0 unspecified atom stereocenters. The monoisotopic (exact) mass is 256 g/mol. The first-order valence-electron chi connectivity index (χ1n) is 5.01. The van der Waals surface area contributed by atoms with Crippen molar-refractivity contribution in [1.82, 2.24) is 4.90 Å². The molecule has 0 saturated carbocycles. The van der Waals surface area contributed by atoms with Crippen LogP contribution in [0.3, 0.4) is 0 Å². The molecular formula is C11H13ClN2O3. The van der Waals surface area contributed by atoms with E-state index in [1.54, 1.807) is 6.92 Å². The van der Waals surface area contributed by atoms with Crippen molar-refractivity contribution in [1.29, 1.82) is 0 Å². The third kappa shape index (κ3) is 3.35. The minimum absolute atomic E-state index is 0.0889. The number of nitrogens with two attached hydrogens (primary N) is 1. The second-order valence-corrected chi connectivity index (χ2v) is 3.86. The number of amides is 2. The van der Waals surface area contributed by atoms with Crippen LogP contribution in [0.4, 0.5) is 0 Å². The van der Waals surface area contributed by atoms with E-state index < -0.39 is 5.91 Å². The van der Waals surface area contributed by atoms with Crippen molar-refractivity contribution in [3.8, 4) is 5.75 Å². The smallest absolute Gasteiger partial charge is 0.254 e. The molecule has 3 N–H and O–H groups in total. The van der Waals surface area contributed by atoms with Gasteiger partial charge in [0, 0.05) is 12.1 Å². The first-order chi connectivity index (χ1) is 7.95. The highest BCUT2D eigenvalue weighted by atomic mass is 35.5. The minimum Gasteiger partial charge on any atom is -0.506 e. The fraction of sp³-hybridized carbons (Fsp3) is 0.273. The summed E-state index contributed by atoms with van der Waals surface area (Å²) in [5, 5.41) is 9.32. The Balaban J connectivity index is 2.93. The van der Waals surface area contributed by atoms with Crippen LogP contribution in [0.5, 0.6) is 5.75 Å². The average Bonchev–Trinajstić information content (AvgIpc) is 2.28. The van der Waals surface area contributed by atoms with E-state index >= 15 is 0 Å². The van der Waals surface area contributed by atoms with E-state index in [4.69, 9.17) is 17.3 Å². The highest BCUT2D eigenvalue weighted by molar-refractivity contribution is 6.32. The standard InChI is InChI=1S/C11H13ClN2O3/c1-2-14(6-10(13)16)11(17)7-3-4-9(15)8(12)5-7/h3-5,15H,2,6H2,1H3,(H2,13,16). The summed E-state index contributed by atoms with van der Waals surface area (Å²) in [6.07, 6.45) is 0. The first-order valence-corrected chi connectivity index (χ1v) is 5.39. The largest absolute Gasteiger partial charge is 0.506 e. The average molecular weight is 257 g/mol. The number of hydrogen-bond donors (Lipinski definition) is 2. The summed E-state index contributed by atoms with van der Waals surface area (Å²) >= 11 is 5.70. The van der Waals surface area contributed by atoms with Crippen molar-refractivity contribution < 1.29 is 14.7 Å². The lowest BCUT2D eigenvalue weighted by Crippen LogP contribution is -2.38. The number of carbonyl (C=O) groups is 2. The molecule has 0 saturated heterocycles. The van der Waals surface area contributed by atoms with Gasteiger partial charge in [-0.2, -0.15) is 0 Å². The molecule has 0 fully saturated rings. The Morgan fingerprint density at radius 1 is 1.47 bits per heavy atom. The lowest BCUT2D eigenvalue weighted by molar-refractivity contribution is -0.118. The molecule has 5 nitrogen and oxygen atoms in total. The van der Waals surface area contributed by atoms with Crippen LogP contribution in [0, 0.1) is 0 Å². The molecule has 0 radical (unpaired) electrons. The molecule has 1 rings (SSSR count). The molecule has 0 aliphatic carbocycles. The van der Waals surface area contributed by atoms with Gasteiger partial charge in [-0.25, -0.2) is 0 Å². The molecule has 0 aliphatic rings. The fourth-order valence-electron chi connectivity index (χ4n) is 1.34. The number of phenols is 1. The van der Waals surface area contributed by atoms with E-state index in [9.17, 15) is 14.7 Å². The van der Waals surface area contributed by atoms with Crippen molar-refractivity contribution in [2.75, 3.05) is 13.1 Å². The lowest BCUT2D eigenvalue weighted by atomic mass is 10.2. The van der Waals surface area contributed by atoms with E-state index in [0.29, 0.717) is 12.1 Å². The minimum atomic E-state index is -0.579. The second-order valence-electron chi connectivity index (χ2n) is 3.45. The molecule has 0 bridgehead atoms. The summed E-state index contributed by atoms with van der Waals surface area (Å²) in [5.41, 5.74) is 5.34. The van der Waals surface area contributed by atoms with Crippen molar-refractivity contribution in [3.05, 3.63) is 28.8 Å². The van der Waals surface area contributed by atoms with E-state index in [-0.39, 0.29) is 23.2 Å². The lowest BCUT2D eigenvalue weighted by Gasteiger charge is -2.19. The highest BCUT2D eigenvalue weighted by Gasteiger charge is 2.16.